The molecular formula is C21H22N2O4. The molecule has 0 unspecified atom stereocenters. The molecule has 27 heavy (non-hydrogen) atoms. The molecule has 0 bridgehead atoms. The minimum atomic E-state index is -0.410. The number of nitrogens with zero attached hydrogens (tertiary/aromatic N) is 2. The van der Waals surface area contributed by atoms with Crippen molar-refractivity contribution in [2.24, 2.45) is 0 Å². The summed E-state index contributed by atoms with van der Waals surface area (Å²) in [5, 5.41) is 0. The first-order chi connectivity index (χ1) is 13.1. The summed E-state index contributed by atoms with van der Waals surface area (Å²) in [5.74, 6) is 1.08. The zero-order valence-electron chi connectivity index (χ0n) is 15.7. The van der Waals surface area contributed by atoms with E-state index in [9.17, 15) is 4.79 Å². The van der Waals surface area contributed by atoms with Crippen LogP contribution in [0.3, 0.4) is 0 Å². The van der Waals surface area contributed by atoms with Gasteiger partial charge in [0, 0.05) is 0 Å². The van der Waals surface area contributed by atoms with E-state index < -0.39 is 5.97 Å². The highest BCUT2D eigenvalue weighted by atomic mass is 16.6. The lowest BCUT2D eigenvalue weighted by molar-refractivity contribution is 0.0450. The molecule has 3 rings (SSSR count). The fourth-order valence-corrected chi connectivity index (χ4v) is 2.53. The molecule has 1 aromatic heterocycles. The Hall–Kier alpha value is -3.15. The van der Waals surface area contributed by atoms with Gasteiger partial charge in [0.25, 0.3) is 0 Å². The second kappa shape index (κ2) is 8.49. The molecule has 2 aromatic carbocycles. The fraction of sp³-hybridized carbons (Fsp3) is 0.286. The first-order valence-corrected chi connectivity index (χ1v) is 8.84. The Morgan fingerprint density at radius 3 is 2.15 bits per heavy atom. The summed E-state index contributed by atoms with van der Waals surface area (Å²) in [4.78, 5) is 21.2. The van der Waals surface area contributed by atoms with Gasteiger partial charge in [-0.25, -0.2) is 14.8 Å². The molecule has 0 fully saturated rings. The number of hydrogen-bond donors (Lipinski definition) is 0. The average Bonchev–Trinajstić information content (AvgIpc) is 2.67. The third-order valence-electron chi connectivity index (χ3n) is 4.03. The first-order valence-electron chi connectivity index (χ1n) is 8.84. The normalized spacial score (nSPS) is 10.6. The van der Waals surface area contributed by atoms with Gasteiger partial charge in [-0.1, -0.05) is 0 Å². The number of ether oxygens (including phenoxy) is 3. The third kappa shape index (κ3) is 4.73. The molecule has 0 saturated heterocycles. The van der Waals surface area contributed by atoms with Crippen molar-refractivity contribution in [3.8, 4) is 11.5 Å². The average molecular weight is 366 g/mol. The number of hydrogen-bond acceptors (Lipinski definition) is 6. The van der Waals surface area contributed by atoms with E-state index in [-0.39, 0.29) is 13.2 Å². The number of esters is 1. The summed E-state index contributed by atoms with van der Waals surface area (Å²) >= 11 is 0. The number of carbonyl (C=O) groups is 1. The maximum atomic E-state index is 12.2. The molecule has 0 amide bonds. The molecule has 0 aliphatic carbocycles. The second-order valence-electron chi connectivity index (χ2n) is 5.99. The zero-order valence-corrected chi connectivity index (χ0v) is 15.7. The van der Waals surface area contributed by atoms with Gasteiger partial charge in [-0.2, -0.15) is 0 Å². The van der Waals surface area contributed by atoms with E-state index in [1.807, 2.05) is 45.0 Å². The van der Waals surface area contributed by atoms with Crippen LogP contribution in [0, 0.1) is 13.8 Å². The lowest BCUT2D eigenvalue weighted by atomic mass is 10.2. The van der Waals surface area contributed by atoms with Gasteiger partial charge in [-0.15, -0.1) is 0 Å². The quantitative estimate of drug-likeness (QED) is 0.467. The predicted molar refractivity (Wildman–Crippen MR) is 102 cm³/mol. The standard InChI is InChI=1S/C21H22N2O4/c1-4-25-17-6-8-18(9-7-17)26-11-12-27-21(24)16-5-10-19-20(13-16)23-15(3)14(2)22-19/h5-10,13H,4,11-12H2,1-3H3. The molecule has 1 heterocycles. The van der Waals surface area contributed by atoms with Crippen LogP contribution in [0.2, 0.25) is 0 Å². The number of aromatic nitrogens is 2. The molecule has 0 atom stereocenters. The van der Waals surface area contributed by atoms with E-state index in [2.05, 4.69) is 9.97 Å². The highest BCUT2D eigenvalue weighted by Crippen LogP contribution is 2.18. The van der Waals surface area contributed by atoms with Crippen LogP contribution in [0.1, 0.15) is 28.7 Å². The molecule has 6 heteroatoms. The Kier molecular flexibility index (Phi) is 5.86. The lowest BCUT2D eigenvalue weighted by Gasteiger charge is -2.09. The Balaban J connectivity index is 1.53. The Morgan fingerprint density at radius 1 is 0.852 bits per heavy atom. The molecule has 0 N–H and O–H groups in total. The van der Waals surface area contributed by atoms with Crippen LogP contribution in [0.15, 0.2) is 42.5 Å². The van der Waals surface area contributed by atoms with E-state index >= 15 is 0 Å². The minimum Gasteiger partial charge on any atom is -0.494 e. The fourth-order valence-electron chi connectivity index (χ4n) is 2.53. The zero-order chi connectivity index (χ0) is 19.2. The van der Waals surface area contributed by atoms with Crippen molar-refractivity contribution in [3.05, 3.63) is 59.4 Å². The van der Waals surface area contributed by atoms with Crippen molar-refractivity contribution in [1.82, 2.24) is 9.97 Å². The van der Waals surface area contributed by atoms with E-state index in [4.69, 9.17) is 14.2 Å². The van der Waals surface area contributed by atoms with Gasteiger partial charge in [0.2, 0.25) is 0 Å². The number of aryl methyl sites for hydroxylation is 2. The van der Waals surface area contributed by atoms with Gasteiger partial charge in [0.15, 0.2) is 0 Å². The molecule has 6 nitrogen and oxygen atoms in total. The van der Waals surface area contributed by atoms with Gasteiger partial charge in [0.1, 0.15) is 24.7 Å². The van der Waals surface area contributed by atoms with Gasteiger partial charge in [-0.05, 0) is 63.2 Å². The first kappa shape index (κ1) is 18.6. The summed E-state index contributed by atoms with van der Waals surface area (Å²) in [6.07, 6.45) is 0. The van der Waals surface area contributed by atoms with E-state index in [0.717, 1.165) is 22.7 Å². The third-order valence-corrected chi connectivity index (χ3v) is 4.03. The van der Waals surface area contributed by atoms with Crippen molar-refractivity contribution < 1.29 is 19.0 Å². The highest BCUT2D eigenvalue weighted by molar-refractivity contribution is 5.93. The summed E-state index contributed by atoms with van der Waals surface area (Å²) in [6, 6.07) is 12.5. The van der Waals surface area contributed by atoms with Gasteiger partial charge in [-0.3, -0.25) is 0 Å². The number of benzene rings is 2. The molecule has 0 spiro atoms. The Bertz CT molecular complexity index is 939. The molecular weight excluding hydrogens is 344 g/mol. The van der Waals surface area contributed by atoms with Crippen LogP contribution < -0.4 is 9.47 Å². The largest absolute Gasteiger partial charge is 0.494 e. The second-order valence-corrected chi connectivity index (χ2v) is 5.99. The summed E-state index contributed by atoms with van der Waals surface area (Å²) < 4.78 is 16.2. The highest BCUT2D eigenvalue weighted by Gasteiger charge is 2.10. The molecule has 0 saturated carbocycles. The predicted octanol–water partition coefficient (Wildman–Crippen LogP) is 3.88. The molecule has 3 aromatic rings. The number of carbonyl (C=O) groups excluding carboxylic acids is 1. The molecule has 0 radical (unpaired) electrons. The van der Waals surface area contributed by atoms with E-state index in [0.29, 0.717) is 23.4 Å². The maximum Gasteiger partial charge on any atom is 0.338 e. The van der Waals surface area contributed by atoms with Crippen molar-refractivity contribution >= 4 is 17.0 Å². The molecule has 0 aliphatic heterocycles. The van der Waals surface area contributed by atoms with Crippen molar-refractivity contribution in [1.29, 1.82) is 0 Å². The summed E-state index contributed by atoms with van der Waals surface area (Å²) in [7, 11) is 0. The summed E-state index contributed by atoms with van der Waals surface area (Å²) in [6.45, 7) is 6.78. The van der Waals surface area contributed by atoms with Gasteiger partial charge < -0.3 is 14.2 Å². The Morgan fingerprint density at radius 2 is 1.48 bits per heavy atom. The van der Waals surface area contributed by atoms with Crippen LogP contribution in [-0.2, 0) is 4.74 Å². The number of fused-ring (bicyclic) bond motifs is 1. The lowest BCUT2D eigenvalue weighted by Crippen LogP contribution is -2.12. The van der Waals surface area contributed by atoms with E-state index in [1.54, 1.807) is 18.2 Å². The van der Waals surface area contributed by atoms with Gasteiger partial charge in [0.05, 0.1) is 34.6 Å². The van der Waals surface area contributed by atoms with Crippen molar-refractivity contribution in [2.75, 3.05) is 19.8 Å². The maximum absolute atomic E-state index is 12.2. The van der Waals surface area contributed by atoms with E-state index in [1.165, 1.54) is 0 Å². The smallest absolute Gasteiger partial charge is 0.338 e. The van der Waals surface area contributed by atoms with Gasteiger partial charge >= 0.3 is 5.97 Å². The van der Waals surface area contributed by atoms with Crippen molar-refractivity contribution in [2.45, 2.75) is 20.8 Å². The van der Waals surface area contributed by atoms with Crippen LogP contribution in [0.4, 0.5) is 0 Å². The molecule has 0 aliphatic rings. The summed E-state index contributed by atoms with van der Waals surface area (Å²) in [5.41, 5.74) is 3.61. The topological polar surface area (TPSA) is 70.5 Å². The van der Waals surface area contributed by atoms with Crippen LogP contribution in [0.5, 0.6) is 11.5 Å². The Labute approximate surface area is 158 Å². The number of rotatable bonds is 7. The molecule has 140 valence electrons. The monoisotopic (exact) mass is 366 g/mol. The SMILES string of the molecule is CCOc1ccc(OCCOC(=O)c2ccc3nc(C)c(C)nc3c2)cc1. The van der Waals surface area contributed by atoms with Crippen LogP contribution in [-0.4, -0.2) is 35.8 Å². The van der Waals surface area contributed by atoms with Crippen LogP contribution in [0.25, 0.3) is 11.0 Å². The van der Waals surface area contributed by atoms with Crippen LogP contribution >= 0.6 is 0 Å². The van der Waals surface area contributed by atoms with Crippen molar-refractivity contribution in [3.63, 3.8) is 0 Å². The minimum absolute atomic E-state index is 0.155.